The number of fused-ring (bicyclic) bond motifs is 1. The van der Waals surface area contributed by atoms with E-state index in [1.807, 2.05) is 0 Å². The molecule has 1 aliphatic heterocycles. The molecule has 1 heterocycles. The van der Waals surface area contributed by atoms with Crippen molar-refractivity contribution in [3.63, 3.8) is 0 Å². The molecule has 25 heavy (non-hydrogen) atoms. The summed E-state index contributed by atoms with van der Waals surface area (Å²) in [5, 5.41) is 0.0610. The van der Waals surface area contributed by atoms with Crippen LogP contribution in [0.3, 0.4) is 0 Å². The fourth-order valence-corrected chi connectivity index (χ4v) is 4.53. The minimum absolute atomic E-state index is 0.0610. The SMILES string of the molecule is C#C/C(C)=C/C=C(/F)C(=C)[C@@]1(CF)N=C(N)S[C@@]2(C(=O)N(C)C)C[C@@H]12. The average Bonchev–Trinajstić information content (AvgIpc) is 3.32. The first-order valence-corrected chi connectivity index (χ1v) is 8.48. The zero-order valence-electron chi connectivity index (χ0n) is 14.5. The van der Waals surface area contributed by atoms with Gasteiger partial charge in [-0.15, -0.1) is 6.42 Å². The van der Waals surface area contributed by atoms with E-state index in [-0.39, 0.29) is 16.6 Å². The number of carbonyl (C=O) groups excluding carboxylic acids is 1. The van der Waals surface area contributed by atoms with Gasteiger partial charge in [0.25, 0.3) is 0 Å². The summed E-state index contributed by atoms with van der Waals surface area (Å²) in [6.45, 7) is 4.37. The first-order chi connectivity index (χ1) is 11.6. The zero-order valence-corrected chi connectivity index (χ0v) is 15.3. The van der Waals surface area contributed by atoms with Crippen LogP contribution in [0.1, 0.15) is 13.3 Å². The molecule has 0 radical (unpaired) electrons. The summed E-state index contributed by atoms with van der Waals surface area (Å²) < 4.78 is 27.8. The van der Waals surface area contributed by atoms with Gasteiger partial charge in [0.2, 0.25) is 5.91 Å². The molecule has 1 amide bonds. The number of carbonyl (C=O) groups is 1. The molecule has 4 nitrogen and oxygen atoms in total. The van der Waals surface area contributed by atoms with Crippen LogP contribution in [0.2, 0.25) is 0 Å². The Morgan fingerprint density at radius 1 is 1.60 bits per heavy atom. The number of amidine groups is 1. The van der Waals surface area contributed by atoms with Crippen LogP contribution in [-0.4, -0.2) is 47.0 Å². The van der Waals surface area contributed by atoms with Crippen LogP contribution in [0, 0.1) is 18.3 Å². The van der Waals surface area contributed by atoms with Crippen LogP contribution in [0.4, 0.5) is 8.78 Å². The largest absolute Gasteiger partial charge is 0.378 e. The number of halogens is 2. The van der Waals surface area contributed by atoms with Gasteiger partial charge in [0, 0.05) is 25.6 Å². The monoisotopic (exact) mass is 365 g/mol. The number of nitrogens with zero attached hydrogens (tertiary/aromatic N) is 2. The van der Waals surface area contributed by atoms with E-state index in [0.29, 0.717) is 12.0 Å². The van der Waals surface area contributed by atoms with Gasteiger partial charge in [0.15, 0.2) is 5.17 Å². The maximum Gasteiger partial charge on any atom is 0.239 e. The highest BCUT2D eigenvalue weighted by Crippen LogP contribution is 2.65. The van der Waals surface area contributed by atoms with Gasteiger partial charge in [-0.25, -0.2) is 13.8 Å². The lowest BCUT2D eigenvalue weighted by molar-refractivity contribution is -0.129. The number of hydrogen-bond acceptors (Lipinski definition) is 4. The first-order valence-electron chi connectivity index (χ1n) is 7.67. The first kappa shape index (κ1) is 19.3. The Balaban J connectivity index is 2.44. The lowest BCUT2D eigenvalue weighted by Gasteiger charge is -2.35. The van der Waals surface area contributed by atoms with Crippen molar-refractivity contribution in [1.82, 2.24) is 4.90 Å². The van der Waals surface area contributed by atoms with Crippen molar-refractivity contribution in [1.29, 1.82) is 0 Å². The van der Waals surface area contributed by atoms with E-state index < -0.39 is 28.7 Å². The Bertz CT molecular complexity index is 750. The van der Waals surface area contributed by atoms with Gasteiger partial charge in [-0.05, 0) is 31.1 Å². The van der Waals surface area contributed by atoms with E-state index in [2.05, 4.69) is 17.5 Å². The van der Waals surface area contributed by atoms with Crippen molar-refractivity contribution < 1.29 is 13.6 Å². The van der Waals surface area contributed by atoms with Gasteiger partial charge >= 0.3 is 0 Å². The van der Waals surface area contributed by atoms with E-state index in [1.54, 1.807) is 21.0 Å². The van der Waals surface area contributed by atoms with Crippen LogP contribution in [0.15, 0.2) is 40.7 Å². The Morgan fingerprint density at radius 2 is 2.24 bits per heavy atom. The second kappa shape index (κ2) is 6.68. The standard InChI is InChI=1S/C18H21F2N3OS/c1-6-11(2)7-8-13(20)12(3)17(10-19)14-9-18(14,15(24)23(4)5)25-16(21)22-17/h1,7-8,14H,3,9-10H2,2,4-5H3,(H2,21,22)/b11-7+,13-8+/t14-,17+,18-/m0/s1. The summed E-state index contributed by atoms with van der Waals surface area (Å²) in [5.74, 6) is 0.956. The minimum atomic E-state index is -1.57. The summed E-state index contributed by atoms with van der Waals surface area (Å²) >= 11 is 1.12. The molecule has 0 spiro atoms. The number of hydrogen-bond donors (Lipinski definition) is 1. The van der Waals surface area contributed by atoms with Crippen molar-refractivity contribution in [3.05, 3.63) is 35.7 Å². The summed E-state index contributed by atoms with van der Waals surface area (Å²) in [6, 6.07) is 0. The summed E-state index contributed by atoms with van der Waals surface area (Å²) in [7, 11) is 3.24. The number of alkyl halides is 1. The molecule has 134 valence electrons. The molecule has 2 aliphatic rings. The van der Waals surface area contributed by atoms with E-state index in [4.69, 9.17) is 12.2 Å². The predicted molar refractivity (Wildman–Crippen MR) is 98.4 cm³/mol. The van der Waals surface area contributed by atoms with Crippen LogP contribution in [-0.2, 0) is 4.79 Å². The fraction of sp³-hybridized carbons (Fsp3) is 0.444. The van der Waals surface area contributed by atoms with Crippen molar-refractivity contribution in [3.8, 4) is 12.3 Å². The summed E-state index contributed by atoms with van der Waals surface area (Å²) in [5.41, 5.74) is 4.68. The zero-order chi connectivity index (χ0) is 19.0. The van der Waals surface area contributed by atoms with E-state index in [0.717, 1.165) is 17.8 Å². The normalized spacial score (nSPS) is 31.5. The van der Waals surface area contributed by atoms with Crippen LogP contribution in [0.5, 0.6) is 0 Å². The van der Waals surface area contributed by atoms with Crippen molar-refractivity contribution in [2.45, 2.75) is 23.6 Å². The third kappa shape index (κ3) is 3.11. The third-order valence-corrected chi connectivity index (χ3v) is 5.86. The van der Waals surface area contributed by atoms with E-state index >= 15 is 0 Å². The number of amides is 1. The fourth-order valence-electron chi connectivity index (χ4n) is 3.09. The molecule has 0 aromatic carbocycles. The second-order valence-corrected chi connectivity index (χ2v) is 7.79. The molecule has 0 saturated heterocycles. The smallest absolute Gasteiger partial charge is 0.239 e. The topological polar surface area (TPSA) is 58.7 Å². The van der Waals surface area contributed by atoms with Gasteiger partial charge in [-0.1, -0.05) is 24.3 Å². The van der Waals surface area contributed by atoms with Gasteiger partial charge in [-0.2, -0.15) is 0 Å². The number of nitrogens with two attached hydrogens (primary N) is 1. The minimum Gasteiger partial charge on any atom is -0.378 e. The van der Waals surface area contributed by atoms with Crippen molar-refractivity contribution in [2.24, 2.45) is 16.6 Å². The van der Waals surface area contributed by atoms with Crippen molar-refractivity contribution in [2.75, 3.05) is 20.8 Å². The Hall–Kier alpha value is -2.07. The van der Waals surface area contributed by atoms with Gasteiger partial charge in [-0.3, -0.25) is 4.79 Å². The van der Waals surface area contributed by atoms with E-state index in [9.17, 15) is 13.6 Å². The molecule has 0 aromatic heterocycles. The number of thioether (sulfide) groups is 1. The quantitative estimate of drug-likeness (QED) is 0.602. The Morgan fingerprint density at radius 3 is 2.76 bits per heavy atom. The van der Waals surface area contributed by atoms with Gasteiger partial charge in [0.05, 0.1) is 0 Å². The molecule has 0 bridgehead atoms. The number of rotatable bonds is 5. The third-order valence-electron chi connectivity index (χ3n) is 4.57. The molecule has 0 aromatic rings. The lowest BCUT2D eigenvalue weighted by Crippen LogP contribution is -2.48. The average molecular weight is 365 g/mol. The molecule has 7 heteroatoms. The Labute approximate surface area is 150 Å². The van der Waals surface area contributed by atoms with Gasteiger partial charge in [0.1, 0.15) is 22.8 Å². The summed E-state index contributed by atoms with van der Waals surface area (Å²) in [4.78, 5) is 18.2. The molecule has 2 rings (SSSR count). The highest BCUT2D eigenvalue weighted by Gasteiger charge is 2.72. The molecular weight excluding hydrogens is 344 g/mol. The summed E-state index contributed by atoms with van der Waals surface area (Å²) in [6.07, 6.45) is 8.13. The van der Waals surface area contributed by atoms with Crippen molar-refractivity contribution >= 4 is 22.8 Å². The molecule has 1 saturated carbocycles. The predicted octanol–water partition coefficient (Wildman–Crippen LogP) is 2.59. The maximum atomic E-state index is 14.6. The molecule has 1 aliphatic carbocycles. The second-order valence-electron chi connectivity index (χ2n) is 6.44. The number of allylic oxidation sites excluding steroid dienone is 3. The molecule has 2 N–H and O–H groups in total. The molecule has 3 atom stereocenters. The Kier molecular flexibility index (Phi) is 5.14. The molecular formula is C18H21F2N3OS. The number of aliphatic imine (C=N–C) groups is 1. The van der Waals surface area contributed by atoms with Crippen LogP contribution in [0.25, 0.3) is 0 Å². The maximum absolute atomic E-state index is 14.6. The molecule has 0 unspecified atom stereocenters. The van der Waals surface area contributed by atoms with E-state index in [1.165, 1.54) is 11.0 Å². The van der Waals surface area contributed by atoms with Gasteiger partial charge < -0.3 is 10.6 Å². The molecule has 1 fully saturated rings. The highest BCUT2D eigenvalue weighted by atomic mass is 32.2. The van der Waals surface area contributed by atoms with Crippen LogP contribution >= 0.6 is 11.8 Å². The lowest BCUT2D eigenvalue weighted by atomic mass is 9.84. The number of terminal acetylenes is 1. The highest BCUT2D eigenvalue weighted by molar-refractivity contribution is 8.15. The van der Waals surface area contributed by atoms with Crippen LogP contribution < -0.4 is 5.73 Å².